The molecule has 3 rings (SSSR count). The summed E-state index contributed by atoms with van der Waals surface area (Å²) in [6.45, 7) is 2.74. The monoisotopic (exact) mass is 316 g/mol. The van der Waals surface area contributed by atoms with Gasteiger partial charge in [0.05, 0.1) is 5.92 Å². The summed E-state index contributed by atoms with van der Waals surface area (Å²) < 4.78 is 0. The number of carboxylic acid groups (broad SMARTS) is 1. The molecule has 22 heavy (non-hydrogen) atoms. The molecule has 0 bridgehead atoms. The van der Waals surface area contributed by atoms with Crippen LogP contribution >= 0.6 is 11.3 Å². The lowest BCUT2D eigenvalue weighted by molar-refractivity contribution is -0.141. The van der Waals surface area contributed by atoms with Crippen molar-refractivity contribution in [2.24, 2.45) is 5.92 Å². The highest BCUT2D eigenvalue weighted by Crippen LogP contribution is 2.25. The summed E-state index contributed by atoms with van der Waals surface area (Å²) in [5.41, 5.74) is 2.56. The van der Waals surface area contributed by atoms with E-state index in [1.807, 2.05) is 24.4 Å². The van der Waals surface area contributed by atoms with Crippen LogP contribution in [0.2, 0.25) is 0 Å². The molecule has 5 nitrogen and oxygen atoms in total. The first-order valence-corrected chi connectivity index (χ1v) is 7.97. The Morgan fingerprint density at radius 1 is 1.32 bits per heavy atom. The molecule has 1 fully saturated rings. The third kappa shape index (κ3) is 2.87. The van der Waals surface area contributed by atoms with Gasteiger partial charge in [0.25, 0.3) is 5.91 Å². The molecule has 114 valence electrons. The van der Waals surface area contributed by atoms with Crippen LogP contribution in [0.3, 0.4) is 0 Å². The minimum absolute atomic E-state index is 0.106. The van der Waals surface area contributed by atoms with E-state index in [2.05, 4.69) is 4.98 Å². The summed E-state index contributed by atoms with van der Waals surface area (Å²) in [5, 5.41) is 11.9. The Morgan fingerprint density at radius 2 is 2.05 bits per heavy atom. The van der Waals surface area contributed by atoms with E-state index in [4.69, 9.17) is 5.11 Å². The number of thiazole rings is 1. The van der Waals surface area contributed by atoms with Crippen molar-refractivity contribution in [3.8, 4) is 10.6 Å². The maximum absolute atomic E-state index is 12.4. The number of likely N-dealkylation sites (tertiary alicyclic amines) is 1. The van der Waals surface area contributed by atoms with Crippen molar-refractivity contribution in [1.82, 2.24) is 9.88 Å². The molecule has 0 saturated carbocycles. The first-order chi connectivity index (χ1) is 10.5. The predicted octanol–water partition coefficient (Wildman–Crippen LogP) is 2.67. The predicted molar refractivity (Wildman–Crippen MR) is 83.9 cm³/mol. The fourth-order valence-corrected chi connectivity index (χ4v) is 3.37. The second-order valence-electron chi connectivity index (χ2n) is 5.45. The third-order valence-corrected chi connectivity index (χ3v) is 4.83. The molecule has 1 aliphatic heterocycles. The maximum Gasteiger partial charge on any atom is 0.308 e. The smallest absolute Gasteiger partial charge is 0.308 e. The highest BCUT2D eigenvalue weighted by molar-refractivity contribution is 7.13. The van der Waals surface area contributed by atoms with E-state index in [-0.39, 0.29) is 5.91 Å². The number of carbonyl (C=O) groups is 2. The van der Waals surface area contributed by atoms with Crippen molar-refractivity contribution in [2.75, 3.05) is 13.1 Å². The zero-order valence-electron chi connectivity index (χ0n) is 12.2. The zero-order valence-corrected chi connectivity index (χ0v) is 13.0. The Kier molecular flexibility index (Phi) is 3.94. The van der Waals surface area contributed by atoms with Crippen LogP contribution in [0, 0.1) is 12.8 Å². The van der Waals surface area contributed by atoms with Crippen LogP contribution in [-0.4, -0.2) is 40.0 Å². The standard InChI is InChI=1S/C16H16N2O3S/c1-10-9-22-14(17-10)11-2-4-12(5-3-11)15(19)18-7-6-13(8-18)16(20)21/h2-5,9,13H,6-8H2,1H3,(H,20,21)/t13-/m1/s1. The van der Waals surface area contributed by atoms with Gasteiger partial charge >= 0.3 is 5.97 Å². The molecule has 1 N–H and O–H groups in total. The summed E-state index contributed by atoms with van der Waals surface area (Å²) in [6.07, 6.45) is 0.525. The number of aryl methyl sites for hydroxylation is 1. The first-order valence-electron chi connectivity index (χ1n) is 7.09. The number of carbonyl (C=O) groups excluding carboxylic acids is 1. The number of hydrogen-bond donors (Lipinski definition) is 1. The van der Waals surface area contributed by atoms with Crippen molar-refractivity contribution in [1.29, 1.82) is 0 Å². The summed E-state index contributed by atoms with van der Waals surface area (Å²) in [5.74, 6) is -1.38. The van der Waals surface area contributed by atoms with Crippen molar-refractivity contribution in [2.45, 2.75) is 13.3 Å². The van der Waals surface area contributed by atoms with Gasteiger partial charge in [-0.3, -0.25) is 9.59 Å². The van der Waals surface area contributed by atoms with Crippen LogP contribution in [0.25, 0.3) is 10.6 Å². The fraction of sp³-hybridized carbons (Fsp3) is 0.312. The molecule has 1 aliphatic rings. The largest absolute Gasteiger partial charge is 0.481 e. The van der Waals surface area contributed by atoms with Crippen LogP contribution < -0.4 is 0 Å². The molecule has 1 saturated heterocycles. The summed E-state index contributed by atoms with van der Waals surface area (Å²) in [6, 6.07) is 7.33. The van der Waals surface area contributed by atoms with Gasteiger partial charge in [-0.2, -0.15) is 0 Å². The van der Waals surface area contributed by atoms with Crippen LogP contribution in [0.5, 0.6) is 0 Å². The van der Waals surface area contributed by atoms with Crippen molar-refractivity contribution < 1.29 is 14.7 Å². The molecular formula is C16H16N2O3S. The Bertz CT molecular complexity index is 708. The van der Waals surface area contributed by atoms with Gasteiger partial charge in [-0.1, -0.05) is 12.1 Å². The second-order valence-corrected chi connectivity index (χ2v) is 6.30. The highest BCUT2D eigenvalue weighted by Gasteiger charge is 2.31. The molecule has 1 amide bonds. The third-order valence-electron chi connectivity index (χ3n) is 3.82. The molecule has 1 atom stereocenters. The normalized spacial score (nSPS) is 17.7. The topological polar surface area (TPSA) is 70.5 Å². The first kappa shape index (κ1) is 14.7. The lowest BCUT2D eigenvalue weighted by Gasteiger charge is -2.15. The summed E-state index contributed by atoms with van der Waals surface area (Å²) in [4.78, 5) is 29.4. The van der Waals surface area contributed by atoms with E-state index in [0.717, 1.165) is 16.3 Å². The van der Waals surface area contributed by atoms with Crippen LogP contribution in [0.1, 0.15) is 22.5 Å². The van der Waals surface area contributed by atoms with E-state index < -0.39 is 11.9 Å². The van der Waals surface area contributed by atoms with E-state index >= 15 is 0 Å². The maximum atomic E-state index is 12.4. The number of benzene rings is 1. The van der Waals surface area contributed by atoms with Gasteiger partial charge in [0, 0.05) is 35.3 Å². The second kappa shape index (κ2) is 5.88. The van der Waals surface area contributed by atoms with Crippen LogP contribution in [0.15, 0.2) is 29.6 Å². The average Bonchev–Trinajstić information content (AvgIpc) is 3.16. The Morgan fingerprint density at radius 3 is 2.59 bits per heavy atom. The molecule has 6 heteroatoms. The quantitative estimate of drug-likeness (QED) is 0.945. The SMILES string of the molecule is Cc1csc(-c2ccc(C(=O)N3CC[C@@H](C(=O)O)C3)cc2)n1. The molecule has 0 unspecified atom stereocenters. The fourth-order valence-electron chi connectivity index (χ4n) is 2.57. The van der Waals surface area contributed by atoms with Crippen molar-refractivity contribution >= 4 is 23.2 Å². The molecule has 1 aromatic carbocycles. The van der Waals surface area contributed by atoms with Gasteiger partial charge in [-0.25, -0.2) is 4.98 Å². The van der Waals surface area contributed by atoms with Gasteiger partial charge < -0.3 is 10.0 Å². The number of aromatic nitrogens is 1. The van der Waals surface area contributed by atoms with Crippen molar-refractivity contribution in [3.63, 3.8) is 0 Å². The molecule has 1 aromatic heterocycles. The van der Waals surface area contributed by atoms with Gasteiger partial charge in [0.15, 0.2) is 0 Å². The van der Waals surface area contributed by atoms with Gasteiger partial charge in [0.2, 0.25) is 0 Å². The summed E-state index contributed by atoms with van der Waals surface area (Å²) >= 11 is 1.57. The number of amides is 1. The molecular weight excluding hydrogens is 300 g/mol. The molecule has 0 spiro atoms. The lowest BCUT2D eigenvalue weighted by atomic mass is 10.1. The average molecular weight is 316 g/mol. The number of rotatable bonds is 3. The minimum Gasteiger partial charge on any atom is -0.481 e. The molecule has 0 radical (unpaired) electrons. The number of nitrogens with zero attached hydrogens (tertiary/aromatic N) is 2. The molecule has 2 heterocycles. The Hall–Kier alpha value is -2.21. The molecule has 2 aromatic rings. The van der Waals surface area contributed by atoms with Gasteiger partial charge in [-0.05, 0) is 25.5 Å². The van der Waals surface area contributed by atoms with Crippen LogP contribution in [0.4, 0.5) is 0 Å². The number of aliphatic carboxylic acids is 1. The zero-order chi connectivity index (χ0) is 15.7. The van der Waals surface area contributed by atoms with Crippen LogP contribution in [-0.2, 0) is 4.79 Å². The van der Waals surface area contributed by atoms with E-state index in [9.17, 15) is 9.59 Å². The highest BCUT2D eigenvalue weighted by atomic mass is 32.1. The lowest BCUT2D eigenvalue weighted by Crippen LogP contribution is -2.29. The summed E-state index contributed by atoms with van der Waals surface area (Å²) in [7, 11) is 0. The van der Waals surface area contributed by atoms with Gasteiger partial charge in [0.1, 0.15) is 5.01 Å². The Balaban J connectivity index is 1.73. The Labute approximate surface area is 132 Å². The minimum atomic E-state index is -0.829. The van der Waals surface area contributed by atoms with E-state index in [1.54, 1.807) is 28.4 Å². The number of carboxylic acids is 1. The number of hydrogen-bond acceptors (Lipinski definition) is 4. The van der Waals surface area contributed by atoms with E-state index in [0.29, 0.717) is 25.1 Å². The van der Waals surface area contributed by atoms with Gasteiger partial charge in [-0.15, -0.1) is 11.3 Å². The molecule has 0 aliphatic carbocycles. The van der Waals surface area contributed by atoms with E-state index in [1.165, 1.54) is 0 Å². The van der Waals surface area contributed by atoms with Crippen molar-refractivity contribution in [3.05, 3.63) is 40.9 Å².